The minimum absolute atomic E-state index is 0.0393. The van der Waals surface area contributed by atoms with Crippen LogP contribution in [0.25, 0.3) is 11.1 Å². The Labute approximate surface area is 229 Å². The van der Waals surface area contributed by atoms with E-state index in [0.29, 0.717) is 21.6 Å². The highest BCUT2D eigenvalue weighted by atomic mass is 35.5. The van der Waals surface area contributed by atoms with Crippen LogP contribution in [-0.2, 0) is 19.1 Å². The Hall–Kier alpha value is -4.34. The molecule has 0 aliphatic carbocycles. The van der Waals surface area contributed by atoms with E-state index in [9.17, 15) is 23.2 Å². The first-order valence-corrected chi connectivity index (χ1v) is 11.8. The van der Waals surface area contributed by atoms with Crippen molar-refractivity contribution in [1.82, 2.24) is 4.98 Å². The van der Waals surface area contributed by atoms with Crippen LogP contribution in [0.4, 0.5) is 19.3 Å². The average Bonchev–Trinajstić information content (AvgIpc) is 3.52. The van der Waals surface area contributed by atoms with Crippen LogP contribution in [-0.4, -0.2) is 41.5 Å². The zero-order chi connectivity index (χ0) is 28.5. The topological polar surface area (TPSA) is 131 Å². The number of alkyl halides is 2. The molecule has 1 N–H and O–H groups in total. The molecule has 1 saturated heterocycles. The lowest BCUT2D eigenvalue weighted by atomic mass is 10.0. The minimum Gasteiger partial charge on any atom is -0.463 e. The van der Waals surface area contributed by atoms with E-state index in [1.165, 1.54) is 37.4 Å². The number of cyclic esters (lactones) is 1. The van der Waals surface area contributed by atoms with Crippen molar-refractivity contribution < 1.29 is 42.1 Å². The Morgan fingerprint density at radius 1 is 1.10 bits per heavy atom. The lowest BCUT2D eigenvalue weighted by Gasteiger charge is -2.17. The summed E-state index contributed by atoms with van der Waals surface area (Å²) in [5.41, 5.74) is -0.655. The number of aromatic amines is 1. The van der Waals surface area contributed by atoms with E-state index < -0.39 is 29.9 Å². The third kappa shape index (κ3) is 5.32. The molecule has 2 aliphatic heterocycles. The molecule has 2 aliphatic rings. The fraction of sp³-hybridized carbons (Fsp3) is 0.200. The molecule has 2 amide bonds. The third-order valence-electron chi connectivity index (χ3n) is 5.44. The van der Waals surface area contributed by atoms with Gasteiger partial charge in [0.15, 0.2) is 11.5 Å². The number of imide groups is 1. The lowest BCUT2D eigenvalue weighted by Crippen LogP contribution is -2.46. The van der Waals surface area contributed by atoms with E-state index >= 15 is 0 Å². The zero-order valence-corrected chi connectivity index (χ0v) is 21.6. The summed E-state index contributed by atoms with van der Waals surface area (Å²) in [6.45, 7) is 2.82. The number of halogens is 4. The molecule has 10 nitrogen and oxygen atoms in total. The Balaban J connectivity index is 0.000000183. The molecule has 1 fully saturated rings. The second-order valence-corrected chi connectivity index (χ2v) is 8.96. The standard InChI is InChI=1S/C13H11Cl2NO5.C12H6F2N2O2/c1-3-20-11(18)13(2)10(17)16(12(19)21-13)9-5-7(14)4-8(15)6-9;13-12(14)17-10-3-1-2-8(11(10)18-12)9-6-16-5-7(9)4-15/h4-6H,3H2,1-2H3;1-3,5-6,16H. The van der Waals surface area contributed by atoms with Gasteiger partial charge in [-0.15, -0.1) is 8.78 Å². The van der Waals surface area contributed by atoms with Crippen molar-refractivity contribution >= 4 is 46.9 Å². The van der Waals surface area contributed by atoms with Crippen LogP contribution in [0, 0.1) is 11.3 Å². The summed E-state index contributed by atoms with van der Waals surface area (Å²) in [6.07, 6.45) is -1.62. The molecule has 1 unspecified atom stereocenters. The summed E-state index contributed by atoms with van der Waals surface area (Å²) < 4.78 is 44.5. The van der Waals surface area contributed by atoms with Crippen molar-refractivity contribution in [3.8, 4) is 28.7 Å². The van der Waals surface area contributed by atoms with Gasteiger partial charge >= 0.3 is 18.4 Å². The third-order valence-corrected chi connectivity index (χ3v) is 5.88. The van der Waals surface area contributed by atoms with Gasteiger partial charge in [0.05, 0.1) is 17.9 Å². The van der Waals surface area contributed by atoms with Gasteiger partial charge in [-0.05, 0) is 38.1 Å². The van der Waals surface area contributed by atoms with E-state index in [4.69, 9.17) is 37.9 Å². The number of amides is 2. The number of benzene rings is 2. The summed E-state index contributed by atoms with van der Waals surface area (Å²) in [7, 11) is 0. The maximum atomic E-state index is 13.0. The largest absolute Gasteiger partial charge is 0.586 e. The fourth-order valence-electron chi connectivity index (χ4n) is 3.71. The highest BCUT2D eigenvalue weighted by Gasteiger charge is 2.58. The first-order valence-electron chi connectivity index (χ1n) is 11.1. The van der Waals surface area contributed by atoms with E-state index in [-0.39, 0.29) is 33.8 Å². The Morgan fingerprint density at radius 3 is 2.44 bits per heavy atom. The van der Waals surface area contributed by atoms with Gasteiger partial charge in [-0.2, -0.15) is 5.26 Å². The van der Waals surface area contributed by atoms with Gasteiger partial charge in [0, 0.05) is 33.6 Å². The number of anilines is 1. The molecule has 5 rings (SSSR count). The Kier molecular flexibility index (Phi) is 7.41. The van der Waals surface area contributed by atoms with Crippen molar-refractivity contribution in [2.24, 2.45) is 0 Å². The second kappa shape index (κ2) is 10.4. The average molecular weight is 580 g/mol. The number of nitriles is 1. The lowest BCUT2D eigenvalue weighted by molar-refractivity contribution is -0.286. The van der Waals surface area contributed by atoms with Gasteiger partial charge in [0.1, 0.15) is 6.07 Å². The number of nitrogens with zero attached hydrogens (tertiary/aromatic N) is 2. The number of rotatable bonds is 4. The second-order valence-electron chi connectivity index (χ2n) is 8.08. The van der Waals surface area contributed by atoms with Crippen LogP contribution in [0.1, 0.15) is 19.4 Å². The number of aromatic nitrogens is 1. The number of carbonyl (C=O) groups is 3. The quantitative estimate of drug-likeness (QED) is 0.309. The van der Waals surface area contributed by atoms with Crippen molar-refractivity contribution in [3.63, 3.8) is 0 Å². The SMILES string of the molecule is CCOC(=O)C1(C)OC(=O)N(c2cc(Cl)cc(Cl)c2)C1=O.N#Cc1c[nH]cc1-c1cccc2c1OC(F)(F)O2. The number of carbonyl (C=O) groups excluding carboxylic acids is 3. The summed E-state index contributed by atoms with van der Waals surface area (Å²) in [5.74, 6) is -1.88. The van der Waals surface area contributed by atoms with Crippen molar-refractivity contribution in [2.75, 3.05) is 11.5 Å². The van der Waals surface area contributed by atoms with Crippen LogP contribution in [0.2, 0.25) is 10.0 Å². The number of H-pyrrole nitrogens is 1. The molecule has 1 atom stereocenters. The Morgan fingerprint density at radius 2 is 1.79 bits per heavy atom. The normalized spacial score (nSPS) is 18.6. The molecule has 0 spiro atoms. The number of nitrogens with one attached hydrogen (secondary N) is 1. The van der Waals surface area contributed by atoms with Crippen LogP contribution in [0.3, 0.4) is 0 Å². The van der Waals surface area contributed by atoms with Crippen molar-refractivity contribution in [2.45, 2.75) is 25.7 Å². The summed E-state index contributed by atoms with van der Waals surface area (Å²) in [5, 5.41) is 9.41. The molecule has 3 heterocycles. The highest BCUT2D eigenvalue weighted by molar-refractivity contribution is 6.36. The predicted molar refractivity (Wildman–Crippen MR) is 133 cm³/mol. The first-order chi connectivity index (χ1) is 18.4. The molecule has 202 valence electrons. The summed E-state index contributed by atoms with van der Waals surface area (Å²) in [4.78, 5) is 39.6. The van der Waals surface area contributed by atoms with Crippen LogP contribution < -0.4 is 14.4 Å². The molecule has 3 aromatic rings. The molecule has 2 aromatic carbocycles. The molecular formula is C25H17Cl2F2N3O7. The first kappa shape index (κ1) is 27.7. The van der Waals surface area contributed by atoms with Gasteiger partial charge in [0.2, 0.25) is 0 Å². The van der Waals surface area contributed by atoms with Gasteiger partial charge in [-0.3, -0.25) is 4.79 Å². The van der Waals surface area contributed by atoms with Crippen LogP contribution in [0.15, 0.2) is 48.8 Å². The molecule has 0 saturated carbocycles. The smallest absolute Gasteiger partial charge is 0.463 e. The number of esters is 1. The predicted octanol–water partition coefficient (Wildman–Crippen LogP) is 5.67. The molecule has 14 heteroatoms. The molecule has 0 radical (unpaired) electrons. The number of para-hydroxylation sites is 1. The van der Waals surface area contributed by atoms with Crippen LogP contribution >= 0.6 is 23.2 Å². The van der Waals surface area contributed by atoms with Gasteiger partial charge in [0.25, 0.3) is 11.5 Å². The molecule has 39 heavy (non-hydrogen) atoms. The molecule has 1 aromatic heterocycles. The van der Waals surface area contributed by atoms with Gasteiger partial charge < -0.3 is 23.9 Å². The Bertz CT molecular complexity index is 1500. The fourth-order valence-corrected chi connectivity index (χ4v) is 4.22. The van der Waals surface area contributed by atoms with E-state index in [2.05, 4.69) is 14.5 Å². The van der Waals surface area contributed by atoms with E-state index in [0.717, 1.165) is 0 Å². The zero-order valence-electron chi connectivity index (χ0n) is 20.1. The molecule has 0 bridgehead atoms. The summed E-state index contributed by atoms with van der Waals surface area (Å²) >= 11 is 11.7. The monoisotopic (exact) mass is 579 g/mol. The van der Waals surface area contributed by atoms with Crippen LogP contribution in [0.5, 0.6) is 11.5 Å². The minimum atomic E-state index is -3.67. The number of ether oxygens (including phenoxy) is 4. The van der Waals surface area contributed by atoms with Crippen molar-refractivity contribution in [1.29, 1.82) is 5.26 Å². The number of fused-ring (bicyclic) bond motifs is 1. The molecular weight excluding hydrogens is 563 g/mol. The van der Waals surface area contributed by atoms with E-state index in [1.807, 2.05) is 6.07 Å². The number of hydrogen-bond acceptors (Lipinski definition) is 8. The van der Waals surface area contributed by atoms with E-state index in [1.54, 1.807) is 25.3 Å². The van der Waals surface area contributed by atoms with Crippen molar-refractivity contribution in [3.05, 3.63) is 64.4 Å². The van der Waals surface area contributed by atoms with Gasteiger partial charge in [-0.25, -0.2) is 14.5 Å². The number of hydrogen-bond donors (Lipinski definition) is 1. The summed E-state index contributed by atoms with van der Waals surface area (Å²) in [6, 6.07) is 10.7. The maximum Gasteiger partial charge on any atom is 0.586 e. The highest BCUT2D eigenvalue weighted by Crippen LogP contribution is 2.47. The van der Waals surface area contributed by atoms with Gasteiger partial charge in [-0.1, -0.05) is 35.3 Å². The maximum absolute atomic E-state index is 13.0.